The molecule has 1 aliphatic rings. The molecule has 0 bridgehead atoms. The lowest BCUT2D eigenvalue weighted by Gasteiger charge is -2.31. The molecule has 0 aromatic heterocycles. The van der Waals surface area contributed by atoms with Crippen LogP contribution in [-0.4, -0.2) is 11.0 Å². The van der Waals surface area contributed by atoms with Gasteiger partial charge in [0.2, 0.25) is 0 Å². The molecule has 0 heterocycles. The van der Waals surface area contributed by atoms with Gasteiger partial charge in [-0.05, 0) is 30.9 Å². The number of hydrogen-bond donors (Lipinski definition) is 2. The van der Waals surface area contributed by atoms with E-state index in [0.717, 1.165) is 12.1 Å². The first-order valence-corrected chi connectivity index (χ1v) is 4.96. The topological polar surface area (TPSA) is 63.3 Å². The van der Waals surface area contributed by atoms with E-state index in [-0.39, 0.29) is 17.5 Å². The van der Waals surface area contributed by atoms with E-state index in [0.29, 0.717) is 12.8 Å². The van der Waals surface area contributed by atoms with Crippen LogP contribution in [0.4, 0.5) is 8.78 Å². The van der Waals surface area contributed by atoms with E-state index in [9.17, 15) is 18.7 Å². The monoisotopic (exact) mass is 227 g/mol. The molecule has 0 radical (unpaired) electrons. The van der Waals surface area contributed by atoms with E-state index in [2.05, 4.69) is 0 Å². The maximum absolute atomic E-state index is 13.4. The molecule has 0 aliphatic heterocycles. The number of rotatable bonds is 1. The minimum Gasteiger partial charge on any atom is -0.375 e. The molecule has 1 unspecified atom stereocenters. The van der Waals surface area contributed by atoms with Crippen molar-refractivity contribution in [1.82, 2.24) is 0 Å². The predicted octanol–water partition coefficient (Wildman–Crippen LogP) is 0.974. The van der Waals surface area contributed by atoms with Crippen molar-refractivity contribution in [3.63, 3.8) is 0 Å². The van der Waals surface area contributed by atoms with Crippen LogP contribution in [0.25, 0.3) is 0 Å². The Bertz CT molecular complexity index is 462. The van der Waals surface area contributed by atoms with Gasteiger partial charge in [-0.15, -0.1) is 0 Å². The van der Waals surface area contributed by atoms with Gasteiger partial charge in [0.1, 0.15) is 11.6 Å². The molecule has 1 atom stereocenters. The highest BCUT2D eigenvalue weighted by Gasteiger charge is 2.41. The Morgan fingerprint density at radius 2 is 2.12 bits per heavy atom. The zero-order valence-corrected chi connectivity index (χ0v) is 8.46. The van der Waals surface area contributed by atoms with E-state index in [1.165, 1.54) is 0 Å². The maximum Gasteiger partial charge on any atom is 0.254 e. The number of benzene rings is 1. The summed E-state index contributed by atoms with van der Waals surface area (Å²) < 4.78 is 26.5. The fourth-order valence-electron chi connectivity index (χ4n) is 2.14. The van der Waals surface area contributed by atoms with Crippen LogP contribution in [0.2, 0.25) is 0 Å². The standard InChI is InChI=1S/C11H11F2NO2/c12-6-4-8-7(9(13)5-6)2-1-3-11(8,16)10(14)15/h4-5,16H,1-3H2,(H2,14,15). The van der Waals surface area contributed by atoms with Gasteiger partial charge in [0.25, 0.3) is 5.91 Å². The second-order valence-corrected chi connectivity index (χ2v) is 3.99. The van der Waals surface area contributed by atoms with Crippen molar-refractivity contribution < 1.29 is 18.7 Å². The zero-order valence-electron chi connectivity index (χ0n) is 8.46. The molecule has 0 saturated heterocycles. The molecule has 0 spiro atoms. The average molecular weight is 227 g/mol. The fraction of sp³-hybridized carbons (Fsp3) is 0.364. The van der Waals surface area contributed by atoms with Gasteiger partial charge in [-0.25, -0.2) is 8.78 Å². The lowest BCUT2D eigenvalue weighted by Crippen LogP contribution is -2.44. The normalized spacial score (nSPS) is 23.9. The number of fused-ring (bicyclic) bond motifs is 1. The van der Waals surface area contributed by atoms with Gasteiger partial charge in [-0.3, -0.25) is 4.79 Å². The predicted molar refractivity (Wildman–Crippen MR) is 52.4 cm³/mol. The van der Waals surface area contributed by atoms with Gasteiger partial charge >= 0.3 is 0 Å². The van der Waals surface area contributed by atoms with Gasteiger partial charge < -0.3 is 10.8 Å². The lowest BCUT2D eigenvalue weighted by atomic mass is 9.78. The van der Waals surface area contributed by atoms with Gasteiger partial charge in [0, 0.05) is 11.6 Å². The van der Waals surface area contributed by atoms with Crippen molar-refractivity contribution in [3.05, 3.63) is 34.9 Å². The van der Waals surface area contributed by atoms with E-state index in [4.69, 9.17) is 5.73 Å². The first-order valence-electron chi connectivity index (χ1n) is 4.96. The van der Waals surface area contributed by atoms with Crippen molar-refractivity contribution >= 4 is 5.91 Å². The number of hydrogen-bond acceptors (Lipinski definition) is 2. The summed E-state index contributed by atoms with van der Waals surface area (Å²) in [6.45, 7) is 0. The summed E-state index contributed by atoms with van der Waals surface area (Å²) in [5, 5.41) is 10.0. The van der Waals surface area contributed by atoms with Crippen LogP contribution in [0.1, 0.15) is 24.0 Å². The number of primary amides is 1. The molecule has 3 N–H and O–H groups in total. The molecule has 0 fully saturated rings. The Kier molecular flexibility index (Phi) is 2.42. The maximum atomic E-state index is 13.4. The van der Waals surface area contributed by atoms with Gasteiger partial charge in [0.05, 0.1) is 0 Å². The van der Waals surface area contributed by atoms with Crippen LogP contribution in [0.5, 0.6) is 0 Å². The van der Waals surface area contributed by atoms with Crippen molar-refractivity contribution in [2.75, 3.05) is 0 Å². The molecular formula is C11H11F2NO2. The fourth-order valence-corrected chi connectivity index (χ4v) is 2.14. The minimum absolute atomic E-state index is 0.0382. The molecule has 1 amide bonds. The van der Waals surface area contributed by atoms with E-state index in [1.807, 2.05) is 0 Å². The van der Waals surface area contributed by atoms with Gasteiger partial charge in [-0.2, -0.15) is 0 Å². The molecule has 2 rings (SSSR count). The number of amides is 1. The minimum atomic E-state index is -1.95. The number of halogens is 2. The number of aliphatic hydroxyl groups is 1. The third-order valence-corrected chi connectivity index (χ3v) is 2.98. The third kappa shape index (κ3) is 1.48. The summed E-state index contributed by atoms with van der Waals surface area (Å²) in [4.78, 5) is 11.2. The highest BCUT2D eigenvalue weighted by Crippen LogP contribution is 2.36. The van der Waals surface area contributed by atoms with E-state index < -0.39 is 23.1 Å². The van der Waals surface area contributed by atoms with Crippen LogP contribution >= 0.6 is 0 Å². The Hall–Kier alpha value is -1.49. The Labute approximate surface area is 90.9 Å². The van der Waals surface area contributed by atoms with Crippen molar-refractivity contribution in [2.45, 2.75) is 24.9 Å². The first kappa shape index (κ1) is 11.0. The average Bonchev–Trinajstić information content (AvgIpc) is 2.19. The molecule has 86 valence electrons. The largest absolute Gasteiger partial charge is 0.375 e. The summed E-state index contributed by atoms with van der Waals surface area (Å²) in [6, 6.07) is 1.72. The van der Waals surface area contributed by atoms with E-state index >= 15 is 0 Å². The molecule has 0 saturated carbocycles. The highest BCUT2D eigenvalue weighted by molar-refractivity contribution is 5.85. The van der Waals surface area contributed by atoms with Crippen LogP contribution in [0.3, 0.4) is 0 Å². The molecule has 5 heteroatoms. The smallest absolute Gasteiger partial charge is 0.254 e. The molecule has 3 nitrogen and oxygen atoms in total. The zero-order chi connectivity index (χ0) is 11.9. The molecule has 1 aromatic carbocycles. The molecule has 1 aromatic rings. The number of carbonyl (C=O) groups excluding carboxylic acids is 1. The molecular weight excluding hydrogens is 216 g/mol. The Morgan fingerprint density at radius 3 is 2.75 bits per heavy atom. The number of carbonyl (C=O) groups is 1. The first-order chi connectivity index (χ1) is 7.45. The van der Waals surface area contributed by atoms with Crippen molar-refractivity contribution in [2.24, 2.45) is 5.73 Å². The van der Waals surface area contributed by atoms with Crippen LogP contribution in [-0.2, 0) is 16.8 Å². The van der Waals surface area contributed by atoms with Crippen LogP contribution in [0, 0.1) is 11.6 Å². The van der Waals surface area contributed by atoms with Gasteiger partial charge in [0.15, 0.2) is 5.60 Å². The SMILES string of the molecule is NC(=O)C1(O)CCCc2c(F)cc(F)cc21. The van der Waals surface area contributed by atoms with Crippen molar-refractivity contribution in [1.29, 1.82) is 0 Å². The van der Waals surface area contributed by atoms with Crippen LogP contribution in [0.15, 0.2) is 12.1 Å². The molecule has 16 heavy (non-hydrogen) atoms. The quantitative estimate of drug-likeness (QED) is 0.751. The lowest BCUT2D eigenvalue weighted by molar-refractivity contribution is -0.138. The highest BCUT2D eigenvalue weighted by atomic mass is 19.1. The second-order valence-electron chi connectivity index (χ2n) is 3.99. The summed E-state index contributed by atoms with van der Waals surface area (Å²) in [5.41, 5.74) is 3.27. The van der Waals surface area contributed by atoms with E-state index in [1.54, 1.807) is 0 Å². The summed E-state index contributed by atoms with van der Waals surface area (Å²) in [7, 11) is 0. The van der Waals surface area contributed by atoms with Crippen LogP contribution < -0.4 is 5.73 Å². The second kappa shape index (κ2) is 3.52. The van der Waals surface area contributed by atoms with Gasteiger partial charge in [-0.1, -0.05) is 0 Å². The Morgan fingerprint density at radius 1 is 1.44 bits per heavy atom. The summed E-state index contributed by atoms with van der Waals surface area (Å²) >= 11 is 0. The Balaban J connectivity index is 2.67. The van der Waals surface area contributed by atoms with Crippen molar-refractivity contribution in [3.8, 4) is 0 Å². The number of nitrogens with two attached hydrogens (primary N) is 1. The summed E-state index contributed by atoms with van der Waals surface area (Å²) in [5.74, 6) is -2.54. The summed E-state index contributed by atoms with van der Waals surface area (Å²) in [6.07, 6.45) is 0.907. The third-order valence-electron chi connectivity index (χ3n) is 2.98. The molecule has 1 aliphatic carbocycles.